The lowest BCUT2D eigenvalue weighted by Gasteiger charge is -2.33. The van der Waals surface area contributed by atoms with E-state index in [1.807, 2.05) is 0 Å². The van der Waals surface area contributed by atoms with Crippen molar-refractivity contribution in [3.8, 4) is 0 Å². The summed E-state index contributed by atoms with van der Waals surface area (Å²) in [6.45, 7) is -0.394. The molecule has 1 amide bonds. The molecule has 0 rings (SSSR count). The molecule has 6 heteroatoms. The minimum atomic E-state index is -0.781. The molecule has 14 heavy (non-hydrogen) atoms. The van der Waals surface area contributed by atoms with E-state index in [1.165, 1.54) is 6.92 Å². The second kappa shape index (κ2) is 6.72. The van der Waals surface area contributed by atoms with E-state index >= 15 is 0 Å². The summed E-state index contributed by atoms with van der Waals surface area (Å²) in [5, 5.41) is 35.5. The van der Waals surface area contributed by atoms with Crippen LogP contribution in [0.25, 0.3) is 0 Å². The van der Waals surface area contributed by atoms with Crippen LogP contribution in [-0.4, -0.2) is 69.7 Å². The zero-order valence-corrected chi connectivity index (χ0v) is 8.13. The van der Waals surface area contributed by atoms with Crippen molar-refractivity contribution in [3.05, 3.63) is 0 Å². The molecule has 0 spiro atoms. The van der Waals surface area contributed by atoms with Crippen molar-refractivity contribution in [1.82, 2.24) is 4.90 Å². The summed E-state index contributed by atoms with van der Waals surface area (Å²) in [7, 11) is 0. The molecule has 0 aromatic carbocycles. The Morgan fingerprint density at radius 1 is 1.00 bits per heavy atom. The van der Waals surface area contributed by atoms with Crippen LogP contribution in [0.3, 0.4) is 0 Å². The Kier molecular flexibility index (Phi) is 6.39. The zero-order valence-electron chi connectivity index (χ0n) is 8.13. The van der Waals surface area contributed by atoms with Crippen LogP contribution in [0.4, 0.5) is 0 Å². The van der Waals surface area contributed by atoms with Gasteiger partial charge in [-0.2, -0.15) is 0 Å². The van der Waals surface area contributed by atoms with Crippen molar-refractivity contribution in [1.29, 1.82) is 0 Å². The molecule has 0 unspecified atom stereocenters. The maximum absolute atomic E-state index is 11.1. The summed E-state index contributed by atoms with van der Waals surface area (Å²) in [4.78, 5) is 12.2. The van der Waals surface area contributed by atoms with Crippen LogP contribution in [0.2, 0.25) is 0 Å². The first-order valence-corrected chi connectivity index (χ1v) is 4.34. The Labute approximate surface area is 82.4 Å². The molecule has 0 atom stereocenters. The average molecular weight is 207 g/mol. The number of amides is 1. The van der Waals surface area contributed by atoms with E-state index in [2.05, 4.69) is 0 Å². The van der Waals surface area contributed by atoms with Crippen molar-refractivity contribution in [3.63, 3.8) is 0 Å². The van der Waals surface area contributed by atoms with Gasteiger partial charge in [-0.1, -0.05) is 0 Å². The van der Waals surface area contributed by atoms with Crippen LogP contribution in [-0.2, 0) is 4.79 Å². The van der Waals surface area contributed by atoms with E-state index < -0.39 is 44.4 Å². The molecule has 4 N–H and O–H groups in total. The average Bonchev–Trinajstić information content (AvgIpc) is 2.18. The number of carbonyl (C=O) groups excluding carboxylic acids is 1. The van der Waals surface area contributed by atoms with Crippen molar-refractivity contribution in [2.75, 3.05) is 26.4 Å². The van der Waals surface area contributed by atoms with Crippen molar-refractivity contribution in [2.45, 2.75) is 19.0 Å². The lowest BCUT2D eigenvalue weighted by molar-refractivity contribution is -0.138. The first-order valence-electron chi connectivity index (χ1n) is 4.34. The Morgan fingerprint density at radius 2 is 1.29 bits per heavy atom. The molecule has 0 aromatic heterocycles. The van der Waals surface area contributed by atoms with Gasteiger partial charge in [0, 0.05) is 6.92 Å². The van der Waals surface area contributed by atoms with Crippen molar-refractivity contribution in [2.24, 2.45) is 0 Å². The quantitative estimate of drug-likeness (QED) is 0.387. The molecule has 0 radical (unpaired) electrons. The number of aliphatic hydroxyl groups excluding tert-OH is 4. The fourth-order valence-electron chi connectivity index (χ4n) is 1.28. The Hall–Kier alpha value is -0.690. The van der Waals surface area contributed by atoms with Crippen LogP contribution >= 0.6 is 0 Å². The second-order valence-electron chi connectivity index (χ2n) is 2.96. The summed E-state index contributed by atoms with van der Waals surface area (Å²) >= 11 is 0. The predicted octanol–water partition coefficient (Wildman–Crippen LogP) is -2.46. The van der Waals surface area contributed by atoms with Crippen molar-refractivity contribution < 1.29 is 25.2 Å². The van der Waals surface area contributed by atoms with E-state index in [4.69, 9.17) is 20.4 Å². The molecular weight excluding hydrogens is 190 g/mol. The highest BCUT2D eigenvalue weighted by Gasteiger charge is 2.26. The topological polar surface area (TPSA) is 101 Å². The van der Waals surface area contributed by atoms with E-state index in [9.17, 15) is 4.79 Å². The minimum Gasteiger partial charge on any atom is -0.394 e. The number of aliphatic hydroxyl groups is 4. The molecule has 0 saturated heterocycles. The molecule has 6 nitrogen and oxygen atoms in total. The number of carbonyl (C=O) groups is 1. The van der Waals surface area contributed by atoms with Crippen LogP contribution in [0.5, 0.6) is 0 Å². The normalized spacial score (nSPS) is 11.1. The van der Waals surface area contributed by atoms with Gasteiger partial charge in [0.1, 0.15) is 0 Å². The first-order chi connectivity index (χ1) is 6.62. The smallest absolute Gasteiger partial charge is 0.220 e. The molecule has 0 aromatic rings. The fourth-order valence-corrected chi connectivity index (χ4v) is 1.28. The summed E-state index contributed by atoms with van der Waals surface area (Å²) < 4.78 is 0. The van der Waals surface area contributed by atoms with Gasteiger partial charge in [-0.15, -0.1) is 0 Å². The maximum Gasteiger partial charge on any atom is 0.220 e. The zero-order chi connectivity index (χ0) is 11.1. The van der Waals surface area contributed by atoms with Gasteiger partial charge in [-0.05, 0) is 0 Å². The molecule has 0 saturated carbocycles. The maximum atomic E-state index is 11.1. The summed E-state index contributed by atoms with van der Waals surface area (Å²) in [6, 6.07) is -1.56. The minimum absolute atomic E-state index is 0.410. The molecule has 0 bridgehead atoms. The monoisotopic (exact) mass is 207 g/mol. The van der Waals surface area contributed by atoms with Gasteiger partial charge in [0.2, 0.25) is 5.91 Å². The van der Waals surface area contributed by atoms with E-state index in [0.29, 0.717) is 0 Å². The largest absolute Gasteiger partial charge is 0.394 e. The highest BCUT2D eigenvalue weighted by atomic mass is 16.3. The SMILES string of the molecule is CC(=O)N(C(CO)CO)C(CO)CO. The van der Waals surface area contributed by atoms with Gasteiger partial charge in [0.15, 0.2) is 0 Å². The first kappa shape index (κ1) is 13.3. The van der Waals surface area contributed by atoms with Crippen LogP contribution in [0, 0.1) is 0 Å². The van der Waals surface area contributed by atoms with Gasteiger partial charge in [-0.3, -0.25) is 4.79 Å². The number of nitrogens with zero attached hydrogens (tertiary/aromatic N) is 1. The van der Waals surface area contributed by atoms with Crippen LogP contribution < -0.4 is 0 Å². The van der Waals surface area contributed by atoms with E-state index in [0.717, 1.165) is 4.90 Å². The fraction of sp³-hybridized carbons (Fsp3) is 0.875. The Bertz CT molecular complexity index is 155. The molecule has 0 aliphatic rings. The number of rotatable bonds is 6. The number of hydrogen-bond acceptors (Lipinski definition) is 5. The highest BCUT2D eigenvalue weighted by Crippen LogP contribution is 2.05. The predicted molar refractivity (Wildman–Crippen MR) is 48.4 cm³/mol. The van der Waals surface area contributed by atoms with Gasteiger partial charge in [0.05, 0.1) is 38.5 Å². The van der Waals surface area contributed by atoms with Crippen LogP contribution in [0.1, 0.15) is 6.92 Å². The number of hydrogen-bond donors (Lipinski definition) is 4. The standard InChI is InChI=1S/C8H17NO5/c1-6(14)9(7(2-10)3-11)8(4-12)5-13/h7-8,10-13H,2-5H2,1H3. The summed E-state index contributed by atoms with van der Waals surface area (Å²) in [5.74, 6) is -0.411. The molecule has 0 heterocycles. The van der Waals surface area contributed by atoms with E-state index in [-0.39, 0.29) is 0 Å². The van der Waals surface area contributed by atoms with Gasteiger partial charge < -0.3 is 25.3 Å². The molecule has 0 aliphatic carbocycles. The highest BCUT2D eigenvalue weighted by molar-refractivity contribution is 5.74. The third-order valence-electron chi connectivity index (χ3n) is 1.99. The third kappa shape index (κ3) is 3.22. The molecule has 0 fully saturated rings. The molecule has 84 valence electrons. The lowest BCUT2D eigenvalue weighted by Crippen LogP contribution is -2.52. The van der Waals surface area contributed by atoms with Crippen molar-refractivity contribution >= 4 is 5.91 Å². The summed E-state index contributed by atoms with van der Waals surface area (Å²) in [5.41, 5.74) is 0. The van der Waals surface area contributed by atoms with E-state index in [1.54, 1.807) is 0 Å². The molecule has 0 aliphatic heterocycles. The Balaban J connectivity index is 4.62. The lowest BCUT2D eigenvalue weighted by atomic mass is 10.2. The third-order valence-corrected chi connectivity index (χ3v) is 1.99. The Morgan fingerprint density at radius 3 is 1.43 bits per heavy atom. The van der Waals surface area contributed by atoms with Crippen LogP contribution in [0.15, 0.2) is 0 Å². The second-order valence-corrected chi connectivity index (χ2v) is 2.96. The van der Waals surface area contributed by atoms with Gasteiger partial charge >= 0.3 is 0 Å². The van der Waals surface area contributed by atoms with Gasteiger partial charge in [0.25, 0.3) is 0 Å². The summed E-state index contributed by atoms with van der Waals surface area (Å²) in [6.07, 6.45) is 0. The molecular formula is C8H17NO5. The van der Waals surface area contributed by atoms with Gasteiger partial charge in [-0.25, -0.2) is 0 Å².